The van der Waals surface area contributed by atoms with Crippen molar-refractivity contribution in [2.75, 3.05) is 40.0 Å². The van der Waals surface area contributed by atoms with Gasteiger partial charge in [-0.2, -0.15) is 0 Å². The smallest absolute Gasteiger partial charge is 0.228 e. The summed E-state index contributed by atoms with van der Waals surface area (Å²) in [5.74, 6) is 1.14. The summed E-state index contributed by atoms with van der Waals surface area (Å²) in [6, 6.07) is 4.04. The zero-order valence-corrected chi connectivity index (χ0v) is 17.9. The maximum atomic E-state index is 12.8. The van der Waals surface area contributed by atoms with Crippen molar-refractivity contribution in [2.24, 2.45) is 5.41 Å². The normalized spacial score (nSPS) is 19.8. The van der Waals surface area contributed by atoms with Crippen LogP contribution in [0.1, 0.15) is 49.8 Å². The summed E-state index contributed by atoms with van der Waals surface area (Å²) in [4.78, 5) is 24.2. The number of benzene rings is 1. The Bertz CT molecular complexity index is 903. The summed E-state index contributed by atoms with van der Waals surface area (Å²) in [5.41, 5.74) is 3.34. The van der Waals surface area contributed by atoms with Gasteiger partial charge in [0.1, 0.15) is 11.3 Å². The lowest BCUT2D eigenvalue weighted by atomic mass is 9.81. The van der Waals surface area contributed by atoms with Crippen molar-refractivity contribution in [3.8, 4) is 5.75 Å². The number of carbonyl (C=O) groups excluding carboxylic acids is 1. The second kappa shape index (κ2) is 8.86. The number of carbonyl (C=O) groups is 1. The molecular weight excluding hydrogens is 382 g/mol. The fraction of sp³-hybridized carbons (Fsp3) is 0.609. The molecular formula is C23H31N3O4. The van der Waals surface area contributed by atoms with Crippen molar-refractivity contribution in [1.82, 2.24) is 14.9 Å². The summed E-state index contributed by atoms with van der Waals surface area (Å²) >= 11 is 0. The number of aliphatic hydroxyl groups excluding tert-OH is 1. The monoisotopic (exact) mass is 413 g/mol. The molecule has 7 nitrogen and oxygen atoms in total. The number of fused-ring (bicyclic) bond motifs is 1. The van der Waals surface area contributed by atoms with Gasteiger partial charge in [0, 0.05) is 39.1 Å². The van der Waals surface area contributed by atoms with Gasteiger partial charge in [0.15, 0.2) is 0 Å². The number of amides is 1. The predicted molar refractivity (Wildman–Crippen MR) is 114 cm³/mol. The zero-order valence-electron chi connectivity index (χ0n) is 17.9. The van der Waals surface area contributed by atoms with Crippen LogP contribution in [0.5, 0.6) is 5.75 Å². The molecule has 0 aliphatic carbocycles. The molecule has 2 fully saturated rings. The minimum Gasteiger partial charge on any atom is -0.494 e. The predicted octanol–water partition coefficient (Wildman–Crippen LogP) is 2.70. The highest BCUT2D eigenvalue weighted by atomic mass is 16.5. The molecule has 30 heavy (non-hydrogen) atoms. The highest BCUT2D eigenvalue weighted by molar-refractivity contribution is 5.85. The van der Waals surface area contributed by atoms with Crippen LogP contribution in [0.3, 0.4) is 0 Å². The second-order valence-electron chi connectivity index (χ2n) is 8.83. The van der Waals surface area contributed by atoms with Gasteiger partial charge in [-0.05, 0) is 48.6 Å². The molecule has 0 spiro atoms. The molecule has 2 aliphatic rings. The van der Waals surface area contributed by atoms with Gasteiger partial charge in [0.2, 0.25) is 5.91 Å². The fourth-order valence-electron chi connectivity index (χ4n) is 4.44. The van der Waals surface area contributed by atoms with E-state index in [9.17, 15) is 9.90 Å². The van der Waals surface area contributed by atoms with Crippen molar-refractivity contribution in [2.45, 2.75) is 44.9 Å². The van der Waals surface area contributed by atoms with Crippen LogP contribution in [0, 0.1) is 5.41 Å². The van der Waals surface area contributed by atoms with Crippen molar-refractivity contribution >= 4 is 16.9 Å². The third kappa shape index (κ3) is 4.27. The van der Waals surface area contributed by atoms with E-state index in [1.807, 2.05) is 11.0 Å². The van der Waals surface area contributed by atoms with Gasteiger partial charge in [0.25, 0.3) is 0 Å². The largest absolute Gasteiger partial charge is 0.494 e. The van der Waals surface area contributed by atoms with Crippen molar-refractivity contribution in [3.63, 3.8) is 0 Å². The van der Waals surface area contributed by atoms with E-state index in [2.05, 4.69) is 13.0 Å². The number of hydrogen-bond acceptors (Lipinski definition) is 6. The van der Waals surface area contributed by atoms with E-state index in [0.717, 1.165) is 49.9 Å². The van der Waals surface area contributed by atoms with E-state index < -0.39 is 0 Å². The Morgan fingerprint density at radius 2 is 2.00 bits per heavy atom. The summed E-state index contributed by atoms with van der Waals surface area (Å²) in [6.07, 6.45) is 5.55. The average molecular weight is 414 g/mol. The molecule has 2 aliphatic heterocycles. The average Bonchev–Trinajstić information content (AvgIpc) is 2.79. The number of nitrogens with zero attached hydrogens (tertiary/aromatic N) is 3. The van der Waals surface area contributed by atoms with Gasteiger partial charge in [-0.1, -0.05) is 13.0 Å². The zero-order chi connectivity index (χ0) is 21.1. The first-order valence-corrected chi connectivity index (χ1v) is 10.8. The fourth-order valence-corrected chi connectivity index (χ4v) is 4.44. The molecule has 2 aromatic rings. The van der Waals surface area contributed by atoms with E-state index in [4.69, 9.17) is 19.4 Å². The Labute approximate surface area is 177 Å². The van der Waals surface area contributed by atoms with Crippen molar-refractivity contribution in [3.05, 3.63) is 29.6 Å². The molecule has 4 rings (SSSR count). The number of likely N-dealkylation sites (tertiary alicyclic amines) is 1. The number of methoxy groups -OCH3 is 1. The van der Waals surface area contributed by atoms with Crippen LogP contribution in [0.15, 0.2) is 18.3 Å². The maximum absolute atomic E-state index is 12.8. The molecule has 0 bridgehead atoms. The van der Waals surface area contributed by atoms with Crippen LogP contribution in [0.2, 0.25) is 0 Å². The topological polar surface area (TPSA) is 84.8 Å². The summed E-state index contributed by atoms with van der Waals surface area (Å²) in [7, 11) is 1.63. The van der Waals surface area contributed by atoms with Crippen LogP contribution in [0.25, 0.3) is 11.0 Å². The Kier molecular flexibility index (Phi) is 6.20. The molecule has 1 N–H and O–H groups in total. The number of aliphatic hydroxyl groups is 1. The van der Waals surface area contributed by atoms with E-state index in [1.54, 1.807) is 13.3 Å². The summed E-state index contributed by atoms with van der Waals surface area (Å²) in [5, 5.41) is 9.54. The standard InChI is InChI=1S/C23H31N3O4/c1-23(15-27)7-9-26(10-8-23)20(28)13-17-14-24-21-18(16-5-11-30-12-6-16)3-4-19(29-2)22(21)25-17/h3-4,14,16,27H,5-13,15H2,1-2H3. The number of ether oxygens (including phenoxy) is 2. The van der Waals surface area contributed by atoms with Gasteiger partial charge < -0.3 is 19.5 Å². The van der Waals surface area contributed by atoms with Gasteiger partial charge in [-0.25, -0.2) is 4.98 Å². The third-order valence-electron chi connectivity index (χ3n) is 6.66. The van der Waals surface area contributed by atoms with Crippen molar-refractivity contribution < 1.29 is 19.4 Å². The van der Waals surface area contributed by atoms with Crippen LogP contribution < -0.4 is 4.74 Å². The van der Waals surface area contributed by atoms with Crippen LogP contribution in [-0.4, -0.2) is 65.9 Å². The third-order valence-corrected chi connectivity index (χ3v) is 6.66. The lowest BCUT2D eigenvalue weighted by Gasteiger charge is -2.38. The van der Waals surface area contributed by atoms with Crippen molar-refractivity contribution in [1.29, 1.82) is 0 Å². The van der Waals surface area contributed by atoms with E-state index >= 15 is 0 Å². The number of aromatic nitrogens is 2. The van der Waals surface area contributed by atoms with Gasteiger partial charge in [-0.15, -0.1) is 0 Å². The SMILES string of the molecule is COc1ccc(C2CCOCC2)c2ncc(CC(=O)N3CCC(C)(CO)CC3)nc12. The first-order valence-electron chi connectivity index (χ1n) is 10.8. The molecule has 0 radical (unpaired) electrons. The highest BCUT2D eigenvalue weighted by Crippen LogP contribution is 2.35. The summed E-state index contributed by atoms with van der Waals surface area (Å²) in [6.45, 7) is 5.13. The molecule has 1 amide bonds. The van der Waals surface area contributed by atoms with Gasteiger partial charge in [0.05, 0.1) is 24.7 Å². The molecule has 1 aromatic heterocycles. The first-order chi connectivity index (χ1) is 14.5. The van der Waals surface area contributed by atoms with E-state index in [-0.39, 0.29) is 24.3 Å². The Morgan fingerprint density at radius 3 is 2.67 bits per heavy atom. The number of rotatable bonds is 5. The number of piperidine rings is 1. The number of hydrogen-bond donors (Lipinski definition) is 1. The molecule has 162 valence electrons. The molecule has 7 heteroatoms. The Hall–Kier alpha value is -2.25. The highest BCUT2D eigenvalue weighted by Gasteiger charge is 2.31. The van der Waals surface area contributed by atoms with Gasteiger partial charge >= 0.3 is 0 Å². The molecule has 1 aromatic carbocycles. The van der Waals surface area contributed by atoms with Gasteiger partial charge in [-0.3, -0.25) is 9.78 Å². The molecule has 3 heterocycles. The lowest BCUT2D eigenvalue weighted by Crippen LogP contribution is -2.44. The van der Waals surface area contributed by atoms with E-state index in [0.29, 0.717) is 30.5 Å². The minimum atomic E-state index is -0.0759. The minimum absolute atomic E-state index is 0.0585. The second-order valence-corrected chi connectivity index (χ2v) is 8.83. The van der Waals surface area contributed by atoms with E-state index in [1.165, 1.54) is 5.56 Å². The molecule has 0 unspecified atom stereocenters. The van der Waals surface area contributed by atoms with Crippen LogP contribution in [0.4, 0.5) is 0 Å². The first kappa shape index (κ1) is 21.0. The Balaban J connectivity index is 1.54. The Morgan fingerprint density at radius 1 is 1.27 bits per heavy atom. The quantitative estimate of drug-likeness (QED) is 0.811. The van der Waals surface area contributed by atoms with Crippen LogP contribution in [-0.2, 0) is 16.0 Å². The maximum Gasteiger partial charge on any atom is 0.228 e. The molecule has 0 saturated carbocycles. The molecule has 2 saturated heterocycles. The van der Waals surface area contributed by atoms with Crippen LogP contribution >= 0.6 is 0 Å². The summed E-state index contributed by atoms with van der Waals surface area (Å²) < 4.78 is 11.0. The lowest BCUT2D eigenvalue weighted by molar-refractivity contribution is -0.133. The molecule has 0 atom stereocenters.